The van der Waals surface area contributed by atoms with E-state index in [0.29, 0.717) is 18.0 Å². The number of carbonyl (C=O) groups is 1. The smallest absolute Gasteiger partial charge is 0.188 e. The van der Waals surface area contributed by atoms with Crippen molar-refractivity contribution in [3.05, 3.63) is 54.1 Å². The lowest BCUT2D eigenvalue weighted by Gasteiger charge is -2.14. The zero-order valence-electron chi connectivity index (χ0n) is 17.1. The minimum Gasteiger partial charge on any atom is -0.466 e. The van der Waals surface area contributed by atoms with Gasteiger partial charge in [-0.25, -0.2) is 0 Å². The van der Waals surface area contributed by atoms with Crippen LogP contribution in [0.3, 0.4) is 0 Å². The number of hydrogen-bond acceptors (Lipinski definition) is 4. The molecule has 0 atom stereocenters. The summed E-state index contributed by atoms with van der Waals surface area (Å²) in [6.07, 6.45) is 0.887. The lowest BCUT2D eigenvalue weighted by molar-refractivity contribution is 0.0518. The average Bonchev–Trinajstić information content (AvgIpc) is 3.25. The van der Waals surface area contributed by atoms with Gasteiger partial charge in [0.15, 0.2) is 13.1 Å². The Labute approximate surface area is 173 Å². The zero-order chi connectivity index (χ0) is 20.8. The highest BCUT2D eigenvalue weighted by atomic mass is 16.7. The van der Waals surface area contributed by atoms with Gasteiger partial charge in [0.2, 0.25) is 0 Å². The van der Waals surface area contributed by atoms with Crippen LogP contribution in [-0.2, 0) is 23.3 Å². The standard InChI is InChI=1S/C24H22N2O4/c1-25-18-10-6-4-8-15(18)21-22(25)23-20(17(12-27)24(21)30-14-29-3)16-9-5-7-11-19(16)26(23)13-28-2/h4-12H,13-14H2,1-3H3. The van der Waals surface area contributed by atoms with Gasteiger partial charge < -0.3 is 23.3 Å². The van der Waals surface area contributed by atoms with Crippen molar-refractivity contribution in [1.29, 1.82) is 0 Å². The van der Waals surface area contributed by atoms with Crippen molar-refractivity contribution in [1.82, 2.24) is 9.13 Å². The van der Waals surface area contributed by atoms with Crippen molar-refractivity contribution >= 4 is 49.9 Å². The number of carbonyl (C=O) groups excluding carboxylic acids is 1. The van der Waals surface area contributed by atoms with Crippen molar-refractivity contribution in [3.63, 3.8) is 0 Å². The molecule has 6 nitrogen and oxygen atoms in total. The van der Waals surface area contributed by atoms with Gasteiger partial charge in [-0.15, -0.1) is 0 Å². The molecule has 0 amide bonds. The van der Waals surface area contributed by atoms with Gasteiger partial charge in [-0.2, -0.15) is 0 Å². The number of benzene rings is 3. The van der Waals surface area contributed by atoms with Gasteiger partial charge in [0.05, 0.1) is 27.5 Å². The number of ether oxygens (including phenoxy) is 3. The SMILES string of the molecule is COCOc1c(C=O)c2c3ccccc3n(COC)c2c2c1c1ccccc1n2C. The molecule has 0 N–H and O–H groups in total. The molecule has 0 aliphatic carbocycles. The highest BCUT2D eigenvalue weighted by Gasteiger charge is 2.26. The molecule has 2 heterocycles. The maximum atomic E-state index is 12.4. The molecule has 0 aliphatic heterocycles. The van der Waals surface area contributed by atoms with Crippen molar-refractivity contribution in [2.24, 2.45) is 7.05 Å². The molecule has 0 saturated carbocycles. The van der Waals surface area contributed by atoms with Crippen LogP contribution in [-0.4, -0.2) is 36.4 Å². The van der Waals surface area contributed by atoms with Crippen LogP contribution >= 0.6 is 0 Å². The van der Waals surface area contributed by atoms with Gasteiger partial charge in [0, 0.05) is 42.9 Å². The number of hydrogen-bond donors (Lipinski definition) is 0. The van der Waals surface area contributed by atoms with E-state index in [9.17, 15) is 4.79 Å². The Morgan fingerprint density at radius 3 is 2.20 bits per heavy atom. The number of methoxy groups -OCH3 is 2. The summed E-state index contributed by atoms with van der Waals surface area (Å²) in [6.45, 7) is 0.429. The second kappa shape index (κ2) is 7.16. The average molecular weight is 402 g/mol. The Kier molecular flexibility index (Phi) is 4.46. The molecule has 2 aromatic heterocycles. The van der Waals surface area contributed by atoms with E-state index >= 15 is 0 Å². The lowest BCUT2D eigenvalue weighted by atomic mass is 10.0. The van der Waals surface area contributed by atoms with Gasteiger partial charge in [-0.1, -0.05) is 36.4 Å². The normalized spacial score (nSPS) is 11.8. The topological polar surface area (TPSA) is 54.6 Å². The third-order valence-corrected chi connectivity index (χ3v) is 5.74. The highest BCUT2D eigenvalue weighted by molar-refractivity contribution is 6.29. The van der Waals surface area contributed by atoms with Crippen LogP contribution in [0.5, 0.6) is 5.75 Å². The molecule has 0 unspecified atom stereocenters. The van der Waals surface area contributed by atoms with Crippen molar-refractivity contribution < 1.29 is 19.0 Å². The first kappa shape index (κ1) is 18.7. The lowest BCUT2D eigenvalue weighted by Crippen LogP contribution is -2.05. The molecule has 0 radical (unpaired) electrons. The summed E-state index contributed by atoms with van der Waals surface area (Å²) in [5, 5.41) is 3.78. The van der Waals surface area contributed by atoms with E-state index in [0.717, 1.165) is 49.9 Å². The van der Waals surface area contributed by atoms with E-state index in [4.69, 9.17) is 14.2 Å². The summed E-state index contributed by atoms with van der Waals surface area (Å²) in [4.78, 5) is 12.4. The highest BCUT2D eigenvalue weighted by Crippen LogP contribution is 2.46. The summed E-state index contributed by atoms with van der Waals surface area (Å²) in [5.74, 6) is 0.548. The quantitative estimate of drug-likeness (QED) is 0.301. The summed E-state index contributed by atoms with van der Waals surface area (Å²) >= 11 is 0. The van der Waals surface area contributed by atoms with Gasteiger partial charge in [0.1, 0.15) is 12.5 Å². The van der Waals surface area contributed by atoms with E-state index in [1.165, 1.54) is 0 Å². The van der Waals surface area contributed by atoms with Crippen LogP contribution in [0.1, 0.15) is 10.4 Å². The maximum absolute atomic E-state index is 12.4. The first-order valence-electron chi connectivity index (χ1n) is 9.72. The number of fused-ring (bicyclic) bond motifs is 7. The maximum Gasteiger partial charge on any atom is 0.188 e. The fourth-order valence-electron chi connectivity index (χ4n) is 4.61. The van der Waals surface area contributed by atoms with Gasteiger partial charge in [-0.3, -0.25) is 4.79 Å². The molecular weight excluding hydrogens is 380 g/mol. The van der Waals surface area contributed by atoms with Crippen LogP contribution in [0, 0.1) is 0 Å². The minimum atomic E-state index is 0.0569. The van der Waals surface area contributed by atoms with Crippen molar-refractivity contribution in [2.45, 2.75) is 6.73 Å². The first-order valence-corrected chi connectivity index (χ1v) is 9.72. The Morgan fingerprint density at radius 2 is 1.53 bits per heavy atom. The van der Waals surface area contributed by atoms with Crippen molar-refractivity contribution in [2.75, 3.05) is 21.0 Å². The van der Waals surface area contributed by atoms with E-state index in [2.05, 4.69) is 21.3 Å². The molecule has 6 heteroatoms. The molecule has 0 saturated heterocycles. The van der Waals surface area contributed by atoms with Gasteiger partial charge in [0.25, 0.3) is 0 Å². The number of nitrogens with zero attached hydrogens (tertiary/aromatic N) is 2. The van der Waals surface area contributed by atoms with Crippen molar-refractivity contribution in [3.8, 4) is 5.75 Å². The second-order valence-electron chi connectivity index (χ2n) is 7.30. The summed E-state index contributed by atoms with van der Waals surface area (Å²) in [7, 11) is 5.29. The third-order valence-electron chi connectivity index (χ3n) is 5.74. The monoisotopic (exact) mass is 402 g/mol. The summed E-state index contributed by atoms with van der Waals surface area (Å²) < 4.78 is 21.0. The molecule has 0 aliphatic rings. The molecule has 0 bridgehead atoms. The molecule has 5 rings (SSSR count). The van der Waals surface area contributed by atoms with E-state index in [1.54, 1.807) is 14.2 Å². The fraction of sp³-hybridized carbons (Fsp3) is 0.208. The first-order chi connectivity index (χ1) is 14.7. The predicted molar refractivity (Wildman–Crippen MR) is 118 cm³/mol. The Hall–Kier alpha value is -3.35. The largest absolute Gasteiger partial charge is 0.466 e. The van der Waals surface area contributed by atoms with Crippen LogP contribution < -0.4 is 4.74 Å². The molecule has 0 spiro atoms. The molecule has 152 valence electrons. The zero-order valence-corrected chi connectivity index (χ0v) is 17.1. The van der Waals surface area contributed by atoms with Crippen LogP contribution in [0.15, 0.2) is 48.5 Å². The number of rotatable bonds is 6. The number of aldehydes is 1. The third kappa shape index (κ3) is 2.41. The molecule has 0 fully saturated rings. The summed E-state index contributed by atoms with van der Waals surface area (Å²) in [5.41, 5.74) is 4.55. The van der Waals surface area contributed by atoms with E-state index in [-0.39, 0.29) is 6.79 Å². The van der Waals surface area contributed by atoms with Gasteiger partial charge >= 0.3 is 0 Å². The van der Waals surface area contributed by atoms with Crippen LogP contribution in [0.25, 0.3) is 43.6 Å². The van der Waals surface area contributed by atoms with Gasteiger partial charge in [-0.05, 0) is 12.1 Å². The summed E-state index contributed by atoms with van der Waals surface area (Å²) in [6, 6.07) is 16.2. The molecular formula is C24H22N2O4. The predicted octanol–water partition coefficient (Wildman–Crippen LogP) is 4.84. The van der Waals surface area contributed by atoms with E-state index in [1.807, 2.05) is 43.4 Å². The fourth-order valence-corrected chi connectivity index (χ4v) is 4.61. The molecule has 3 aromatic carbocycles. The second-order valence-corrected chi connectivity index (χ2v) is 7.30. The number of para-hydroxylation sites is 2. The van der Waals surface area contributed by atoms with E-state index < -0.39 is 0 Å². The van der Waals surface area contributed by atoms with Crippen LogP contribution in [0.4, 0.5) is 0 Å². The Balaban J connectivity index is 2.14. The minimum absolute atomic E-state index is 0.0569. The number of aromatic nitrogens is 2. The van der Waals surface area contributed by atoms with Crippen LogP contribution in [0.2, 0.25) is 0 Å². The molecule has 30 heavy (non-hydrogen) atoms. The number of aryl methyl sites for hydroxylation is 1. The Bertz CT molecular complexity index is 1430. The Morgan fingerprint density at radius 1 is 0.867 bits per heavy atom. The molecule has 5 aromatic rings.